The summed E-state index contributed by atoms with van der Waals surface area (Å²) in [5.74, 6) is -0.342. The van der Waals surface area contributed by atoms with Crippen molar-refractivity contribution >= 4 is 46.3 Å². The molecule has 0 fully saturated rings. The van der Waals surface area contributed by atoms with Crippen molar-refractivity contribution in [1.29, 1.82) is 0 Å². The Kier molecular flexibility index (Phi) is 6.22. The Labute approximate surface area is 188 Å². The minimum Gasteiger partial charge on any atom is -0.344 e. The van der Waals surface area contributed by atoms with Crippen LogP contribution in [0.5, 0.6) is 0 Å². The van der Waals surface area contributed by atoms with Gasteiger partial charge in [-0.3, -0.25) is 9.20 Å². The third kappa shape index (κ3) is 4.86. The smallest absolute Gasteiger partial charge is 0.344 e. The van der Waals surface area contributed by atoms with Crippen LogP contribution in [0.25, 0.3) is 5.65 Å². The Balaban J connectivity index is 1.52. The lowest BCUT2D eigenvalue weighted by atomic mass is 10.1. The molecule has 1 unspecified atom stereocenters. The molecule has 0 aliphatic heterocycles. The van der Waals surface area contributed by atoms with Crippen molar-refractivity contribution in [2.24, 2.45) is 0 Å². The van der Waals surface area contributed by atoms with Crippen molar-refractivity contribution < 1.29 is 18.0 Å². The van der Waals surface area contributed by atoms with E-state index in [0.29, 0.717) is 0 Å². The highest BCUT2D eigenvalue weighted by Crippen LogP contribution is 2.33. The Bertz CT molecular complexity index is 1200. The fourth-order valence-corrected chi connectivity index (χ4v) is 4.71. The second-order valence-electron chi connectivity index (χ2n) is 6.47. The van der Waals surface area contributed by atoms with Gasteiger partial charge in [-0.05, 0) is 23.1 Å². The Morgan fingerprint density at radius 3 is 2.65 bits per heavy atom. The summed E-state index contributed by atoms with van der Waals surface area (Å²) in [6.07, 6.45) is -3.69. The molecule has 3 aromatic heterocycles. The highest BCUT2D eigenvalue weighted by atomic mass is 35.5. The molecule has 0 aliphatic carbocycles. The number of hydrogen-bond acceptors (Lipinski definition) is 5. The number of nitrogens with zero attached hydrogens (tertiary/aromatic N) is 3. The van der Waals surface area contributed by atoms with E-state index in [1.54, 1.807) is 0 Å². The molecule has 160 valence electrons. The number of thioether (sulfide) groups is 1. The van der Waals surface area contributed by atoms with E-state index in [-0.39, 0.29) is 33.5 Å². The number of pyridine rings is 1. The Morgan fingerprint density at radius 1 is 1.19 bits per heavy atom. The van der Waals surface area contributed by atoms with Crippen LogP contribution in [0.2, 0.25) is 5.02 Å². The van der Waals surface area contributed by atoms with Gasteiger partial charge in [-0.2, -0.15) is 13.2 Å². The molecule has 0 aliphatic rings. The fourth-order valence-electron chi connectivity index (χ4n) is 2.94. The van der Waals surface area contributed by atoms with Gasteiger partial charge in [0, 0.05) is 11.1 Å². The molecule has 5 nitrogen and oxygen atoms in total. The van der Waals surface area contributed by atoms with Crippen molar-refractivity contribution in [1.82, 2.24) is 19.9 Å². The minimum atomic E-state index is -4.56. The maximum atomic E-state index is 13.1. The standard InChI is InChI=1S/C20H14ClF3N4OS2/c21-14-9-13(20(22,23)24)10-28-18(14)26-27-19(28)31-11-16(29)25-17(15-7-4-8-30-15)12-5-2-1-3-6-12/h1-10,17H,11H2,(H,25,29). The first-order valence-corrected chi connectivity index (χ1v) is 11.2. The van der Waals surface area contributed by atoms with E-state index >= 15 is 0 Å². The van der Waals surface area contributed by atoms with E-state index in [1.165, 1.54) is 11.3 Å². The van der Waals surface area contributed by atoms with Gasteiger partial charge in [0.25, 0.3) is 0 Å². The first kappa shape index (κ1) is 21.7. The van der Waals surface area contributed by atoms with Crippen LogP contribution < -0.4 is 5.32 Å². The average Bonchev–Trinajstić information content (AvgIpc) is 3.41. The number of benzene rings is 1. The number of alkyl halides is 3. The molecule has 31 heavy (non-hydrogen) atoms. The maximum Gasteiger partial charge on any atom is 0.417 e. The molecule has 4 rings (SSSR count). The first-order chi connectivity index (χ1) is 14.8. The third-order valence-electron chi connectivity index (χ3n) is 4.35. The molecule has 0 radical (unpaired) electrons. The quantitative estimate of drug-likeness (QED) is 0.371. The van der Waals surface area contributed by atoms with Crippen molar-refractivity contribution in [2.75, 3.05) is 5.75 Å². The zero-order chi connectivity index (χ0) is 22.0. The zero-order valence-electron chi connectivity index (χ0n) is 15.6. The summed E-state index contributed by atoms with van der Waals surface area (Å²) in [6.45, 7) is 0. The summed E-state index contributed by atoms with van der Waals surface area (Å²) < 4.78 is 40.5. The van der Waals surface area contributed by atoms with Crippen LogP contribution in [-0.2, 0) is 11.0 Å². The molecule has 1 atom stereocenters. The van der Waals surface area contributed by atoms with E-state index < -0.39 is 11.7 Å². The lowest BCUT2D eigenvalue weighted by Crippen LogP contribution is -2.30. The number of rotatable bonds is 6. The maximum absolute atomic E-state index is 13.1. The van der Waals surface area contributed by atoms with E-state index in [4.69, 9.17) is 11.6 Å². The number of aromatic nitrogens is 3. The molecular weight excluding hydrogens is 469 g/mol. The number of nitrogens with one attached hydrogen (secondary N) is 1. The molecule has 0 saturated heterocycles. The van der Waals surface area contributed by atoms with E-state index in [1.807, 2.05) is 47.8 Å². The van der Waals surface area contributed by atoms with E-state index in [0.717, 1.165) is 38.9 Å². The lowest BCUT2D eigenvalue weighted by Gasteiger charge is -2.18. The van der Waals surface area contributed by atoms with E-state index in [2.05, 4.69) is 15.5 Å². The number of fused-ring (bicyclic) bond motifs is 1. The number of amides is 1. The summed E-state index contributed by atoms with van der Waals surface area (Å²) in [7, 11) is 0. The summed E-state index contributed by atoms with van der Waals surface area (Å²) >= 11 is 8.43. The zero-order valence-corrected chi connectivity index (χ0v) is 18.0. The van der Waals surface area contributed by atoms with Crippen LogP contribution in [0.15, 0.2) is 65.3 Å². The van der Waals surface area contributed by atoms with E-state index in [9.17, 15) is 18.0 Å². The minimum absolute atomic E-state index is 0.0522. The molecular formula is C20H14ClF3N4OS2. The van der Waals surface area contributed by atoms with Gasteiger partial charge in [-0.1, -0.05) is 59.8 Å². The molecule has 4 aromatic rings. The van der Waals surface area contributed by atoms with Gasteiger partial charge >= 0.3 is 6.18 Å². The predicted octanol–water partition coefficient (Wildman–Crippen LogP) is 5.46. The van der Waals surface area contributed by atoms with Crippen molar-refractivity contribution in [3.05, 3.63) is 81.1 Å². The highest BCUT2D eigenvalue weighted by Gasteiger charge is 2.32. The highest BCUT2D eigenvalue weighted by molar-refractivity contribution is 7.99. The molecule has 3 heterocycles. The molecule has 1 amide bonds. The van der Waals surface area contributed by atoms with Gasteiger partial charge in [0.05, 0.1) is 22.4 Å². The largest absolute Gasteiger partial charge is 0.417 e. The van der Waals surface area contributed by atoms with Crippen molar-refractivity contribution in [2.45, 2.75) is 17.4 Å². The van der Waals surface area contributed by atoms with Crippen LogP contribution in [0.4, 0.5) is 13.2 Å². The molecule has 0 spiro atoms. The monoisotopic (exact) mass is 482 g/mol. The summed E-state index contributed by atoms with van der Waals surface area (Å²) in [6, 6.07) is 13.8. The summed E-state index contributed by atoms with van der Waals surface area (Å²) in [5.41, 5.74) is 0.106. The van der Waals surface area contributed by atoms with Crippen LogP contribution in [0.1, 0.15) is 22.0 Å². The van der Waals surface area contributed by atoms with Crippen molar-refractivity contribution in [3.8, 4) is 0 Å². The topological polar surface area (TPSA) is 59.3 Å². The fraction of sp³-hybridized carbons (Fsp3) is 0.150. The number of thiophene rings is 1. The number of hydrogen-bond donors (Lipinski definition) is 1. The van der Waals surface area contributed by atoms with Gasteiger partial charge in [0.15, 0.2) is 10.8 Å². The molecule has 0 bridgehead atoms. The van der Waals surface area contributed by atoms with Crippen LogP contribution >= 0.6 is 34.7 Å². The molecule has 1 N–H and O–H groups in total. The number of carbonyl (C=O) groups excluding carboxylic acids is 1. The lowest BCUT2D eigenvalue weighted by molar-refractivity contribution is -0.137. The molecule has 1 aromatic carbocycles. The average molecular weight is 483 g/mol. The first-order valence-electron chi connectivity index (χ1n) is 8.95. The van der Waals surface area contributed by atoms with Gasteiger partial charge in [-0.25, -0.2) is 0 Å². The third-order valence-corrected chi connectivity index (χ3v) is 6.51. The summed E-state index contributed by atoms with van der Waals surface area (Å²) in [4.78, 5) is 13.6. The van der Waals surface area contributed by atoms with Gasteiger partial charge < -0.3 is 5.32 Å². The molecule has 11 heteroatoms. The second kappa shape index (κ2) is 8.89. The SMILES string of the molecule is O=C(CSc1nnc2c(Cl)cc(C(F)(F)F)cn12)NC(c1ccccc1)c1cccs1. The number of carbonyl (C=O) groups is 1. The normalized spacial score (nSPS) is 12.8. The Hall–Kier alpha value is -2.56. The van der Waals surface area contributed by atoms with Gasteiger partial charge in [0.1, 0.15) is 0 Å². The Morgan fingerprint density at radius 2 is 1.97 bits per heavy atom. The van der Waals surface area contributed by atoms with Crippen molar-refractivity contribution in [3.63, 3.8) is 0 Å². The predicted molar refractivity (Wildman–Crippen MR) is 114 cm³/mol. The van der Waals surface area contributed by atoms with Gasteiger partial charge in [0.2, 0.25) is 5.91 Å². The van der Waals surface area contributed by atoms with Gasteiger partial charge in [-0.15, -0.1) is 21.5 Å². The second-order valence-corrected chi connectivity index (χ2v) is 8.79. The number of halogens is 4. The van der Waals surface area contributed by atoms with Crippen LogP contribution in [0, 0.1) is 0 Å². The van der Waals surface area contributed by atoms with Crippen LogP contribution in [-0.4, -0.2) is 26.3 Å². The summed E-state index contributed by atoms with van der Waals surface area (Å²) in [5, 5.41) is 12.6. The molecule has 0 saturated carbocycles. The van der Waals surface area contributed by atoms with Crippen LogP contribution in [0.3, 0.4) is 0 Å².